The molecule has 0 bridgehead atoms. The molecule has 1 saturated carbocycles. The van der Waals surface area contributed by atoms with E-state index in [1.54, 1.807) is 0 Å². The molecule has 2 heterocycles. The molecule has 3 fully saturated rings. The summed E-state index contributed by atoms with van der Waals surface area (Å²) in [4.78, 5) is 14.4. The number of fused-ring (bicyclic) bond motifs is 1. The highest BCUT2D eigenvalue weighted by molar-refractivity contribution is 5.82. The van der Waals surface area contributed by atoms with Crippen LogP contribution in [0, 0.1) is 5.92 Å². The van der Waals surface area contributed by atoms with Crippen molar-refractivity contribution in [2.45, 2.75) is 63.1 Å². The number of carbonyl (C=O) groups is 1. The number of ether oxygens (including phenoxy) is 1. The molecule has 0 spiro atoms. The summed E-state index contributed by atoms with van der Waals surface area (Å²) in [6.07, 6.45) is 8.76. The Morgan fingerprint density at radius 3 is 2.84 bits per heavy atom. The molecule has 0 aromatic carbocycles. The average Bonchev–Trinajstić information content (AvgIpc) is 3.05. The molecule has 4 atom stereocenters. The van der Waals surface area contributed by atoms with Gasteiger partial charge in [0, 0.05) is 26.2 Å². The fraction of sp³-hybridized carbons (Fsp3) is 0.933. The Morgan fingerprint density at radius 2 is 2.11 bits per heavy atom. The van der Waals surface area contributed by atoms with Crippen LogP contribution in [0.4, 0.5) is 0 Å². The molecule has 0 aromatic heterocycles. The van der Waals surface area contributed by atoms with Crippen LogP contribution in [0.3, 0.4) is 0 Å². The predicted octanol–water partition coefficient (Wildman–Crippen LogP) is 1.54. The maximum absolute atomic E-state index is 12.5. The van der Waals surface area contributed by atoms with E-state index in [4.69, 9.17) is 4.74 Å². The first kappa shape index (κ1) is 13.4. The molecule has 108 valence electrons. The summed E-state index contributed by atoms with van der Waals surface area (Å²) in [7, 11) is 1.92. The van der Waals surface area contributed by atoms with Crippen LogP contribution in [0.25, 0.3) is 0 Å². The number of rotatable bonds is 3. The Morgan fingerprint density at radius 1 is 1.26 bits per heavy atom. The zero-order chi connectivity index (χ0) is 13.2. The second-order valence-electron chi connectivity index (χ2n) is 6.46. The lowest BCUT2D eigenvalue weighted by atomic mass is 9.85. The Hall–Kier alpha value is -0.610. The number of nitrogens with one attached hydrogen (secondary N) is 1. The van der Waals surface area contributed by atoms with Gasteiger partial charge in [0.1, 0.15) is 0 Å². The van der Waals surface area contributed by atoms with Crippen LogP contribution in [-0.4, -0.2) is 49.2 Å². The Balaban J connectivity index is 1.52. The van der Waals surface area contributed by atoms with Gasteiger partial charge in [-0.05, 0) is 38.0 Å². The van der Waals surface area contributed by atoms with Crippen molar-refractivity contribution in [2.75, 3.05) is 20.2 Å². The number of likely N-dealkylation sites (N-methyl/N-ethyl adjacent to an activating group) is 1. The number of nitrogens with zero attached hydrogens (tertiary/aromatic N) is 1. The quantitative estimate of drug-likeness (QED) is 0.842. The van der Waals surface area contributed by atoms with E-state index < -0.39 is 0 Å². The lowest BCUT2D eigenvalue weighted by Crippen LogP contribution is -2.46. The van der Waals surface area contributed by atoms with Gasteiger partial charge in [-0.15, -0.1) is 0 Å². The van der Waals surface area contributed by atoms with Crippen molar-refractivity contribution in [3.05, 3.63) is 0 Å². The first-order chi connectivity index (χ1) is 9.24. The average molecular weight is 266 g/mol. The van der Waals surface area contributed by atoms with Gasteiger partial charge in [-0.25, -0.2) is 0 Å². The monoisotopic (exact) mass is 266 g/mol. The van der Waals surface area contributed by atoms with E-state index in [9.17, 15) is 4.79 Å². The largest absolute Gasteiger partial charge is 0.376 e. The van der Waals surface area contributed by atoms with Crippen molar-refractivity contribution in [2.24, 2.45) is 5.92 Å². The van der Waals surface area contributed by atoms with Gasteiger partial charge in [0.2, 0.25) is 5.91 Å². The summed E-state index contributed by atoms with van der Waals surface area (Å²) in [6, 6.07) is 0.651. The molecule has 1 N–H and O–H groups in total. The summed E-state index contributed by atoms with van der Waals surface area (Å²) in [5.41, 5.74) is 0. The molecule has 4 unspecified atom stereocenters. The van der Waals surface area contributed by atoms with Gasteiger partial charge in [-0.3, -0.25) is 4.79 Å². The minimum Gasteiger partial charge on any atom is -0.376 e. The highest BCUT2D eigenvalue weighted by atomic mass is 16.5. The molecule has 0 radical (unpaired) electrons. The molecule has 0 aromatic rings. The minimum absolute atomic E-state index is 0.0551. The van der Waals surface area contributed by atoms with Crippen molar-refractivity contribution in [1.29, 1.82) is 0 Å². The summed E-state index contributed by atoms with van der Waals surface area (Å²) in [5, 5.41) is 3.57. The maximum atomic E-state index is 12.5. The van der Waals surface area contributed by atoms with E-state index in [1.165, 1.54) is 25.7 Å². The van der Waals surface area contributed by atoms with E-state index in [-0.39, 0.29) is 18.1 Å². The van der Waals surface area contributed by atoms with Crippen LogP contribution >= 0.6 is 0 Å². The van der Waals surface area contributed by atoms with Crippen molar-refractivity contribution in [1.82, 2.24) is 10.2 Å². The van der Waals surface area contributed by atoms with Crippen LogP contribution in [-0.2, 0) is 9.53 Å². The topological polar surface area (TPSA) is 41.6 Å². The molecule has 4 heteroatoms. The lowest BCUT2D eigenvalue weighted by Gasteiger charge is -2.25. The maximum Gasteiger partial charge on any atom is 0.239 e. The fourth-order valence-electron chi connectivity index (χ4n) is 3.96. The first-order valence-electron chi connectivity index (χ1n) is 7.86. The number of amides is 1. The van der Waals surface area contributed by atoms with E-state index in [2.05, 4.69) is 5.32 Å². The van der Waals surface area contributed by atoms with Crippen LogP contribution in [0.5, 0.6) is 0 Å². The smallest absolute Gasteiger partial charge is 0.239 e. The van der Waals surface area contributed by atoms with Crippen LogP contribution < -0.4 is 5.32 Å². The highest BCUT2D eigenvalue weighted by Gasteiger charge is 2.39. The number of carbonyl (C=O) groups excluding carboxylic acids is 1. The molecule has 1 amide bonds. The van der Waals surface area contributed by atoms with Crippen LogP contribution in [0.2, 0.25) is 0 Å². The van der Waals surface area contributed by atoms with Gasteiger partial charge >= 0.3 is 0 Å². The molecular weight excluding hydrogens is 240 g/mol. The molecule has 3 aliphatic rings. The molecule has 1 aliphatic carbocycles. The summed E-state index contributed by atoms with van der Waals surface area (Å²) in [5.74, 6) is 1.00. The van der Waals surface area contributed by atoms with Crippen LogP contribution in [0.1, 0.15) is 44.9 Å². The van der Waals surface area contributed by atoms with E-state index >= 15 is 0 Å². The third kappa shape index (κ3) is 2.95. The molecule has 19 heavy (non-hydrogen) atoms. The van der Waals surface area contributed by atoms with Gasteiger partial charge in [0.25, 0.3) is 0 Å². The minimum atomic E-state index is 0.0551. The Kier molecular flexibility index (Phi) is 4.08. The molecule has 3 rings (SSSR count). The van der Waals surface area contributed by atoms with E-state index in [1.807, 2.05) is 11.9 Å². The molecular formula is C15H26N2O2. The third-order valence-electron chi connectivity index (χ3n) is 5.04. The van der Waals surface area contributed by atoms with Gasteiger partial charge < -0.3 is 15.0 Å². The predicted molar refractivity (Wildman–Crippen MR) is 73.9 cm³/mol. The summed E-state index contributed by atoms with van der Waals surface area (Å²) < 4.78 is 5.62. The Labute approximate surface area is 115 Å². The molecule has 2 saturated heterocycles. The molecule has 2 aliphatic heterocycles. The molecule has 4 nitrogen and oxygen atoms in total. The standard InChI is InChI=1S/C15H26N2O2/c1-17(10-12-6-4-8-19-12)15(18)14-9-11-5-2-3-7-13(11)16-14/h11-14,16H,2-10H2,1H3. The second kappa shape index (κ2) is 5.80. The summed E-state index contributed by atoms with van der Waals surface area (Å²) in [6.45, 7) is 1.62. The van der Waals surface area contributed by atoms with Crippen LogP contribution in [0.15, 0.2) is 0 Å². The second-order valence-corrected chi connectivity index (χ2v) is 6.46. The summed E-state index contributed by atoms with van der Waals surface area (Å²) >= 11 is 0. The van der Waals surface area contributed by atoms with Crippen molar-refractivity contribution >= 4 is 5.91 Å². The zero-order valence-electron chi connectivity index (χ0n) is 11.9. The van der Waals surface area contributed by atoms with Crippen molar-refractivity contribution in [3.8, 4) is 0 Å². The van der Waals surface area contributed by atoms with Gasteiger partial charge in [0.15, 0.2) is 0 Å². The van der Waals surface area contributed by atoms with Gasteiger partial charge in [0.05, 0.1) is 12.1 Å². The highest BCUT2D eigenvalue weighted by Crippen LogP contribution is 2.33. The van der Waals surface area contributed by atoms with Crippen molar-refractivity contribution < 1.29 is 9.53 Å². The Bertz CT molecular complexity index is 314. The van der Waals surface area contributed by atoms with Crippen molar-refractivity contribution in [3.63, 3.8) is 0 Å². The SMILES string of the molecule is CN(CC1CCCO1)C(=O)C1CC2CCCCC2N1. The normalized spacial score (nSPS) is 38.2. The zero-order valence-corrected chi connectivity index (χ0v) is 11.9. The van der Waals surface area contributed by atoms with E-state index in [0.29, 0.717) is 6.04 Å². The fourth-order valence-corrected chi connectivity index (χ4v) is 3.96. The van der Waals surface area contributed by atoms with E-state index in [0.717, 1.165) is 38.3 Å². The van der Waals surface area contributed by atoms with Gasteiger partial charge in [-0.1, -0.05) is 12.8 Å². The third-order valence-corrected chi connectivity index (χ3v) is 5.04. The van der Waals surface area contributed by atoms with Gasteiger partial charge in [-0.2, -0.15) is 0 Å². The number of hydrogen-bond donors (Lipinski definition) is 1. The number of hydrogen-bond acceptors (Lipinski definition) is 3. The first-order valence-corrected chi connectivity index (χ1v) is 7.86. The lowest BCUT2D eigenvalue weighted by molar-refractivity contribution is -0.133.